The third-order valence-corrected chi connectivity index (χ3v) is 4.56. The largest absolute Gasteiger partial charge is 0.371 e. The van der Waals surface area contributed by atoms with Crippen LogP contribution in [0.15, 0.2) is 18.2 Å². The Morgan fingerprint density at radius 1 is 1.39 bits per heavy atom. The molecular formula is C16H20ClFN2O3. The van der Waals surface area contributed by atoms with E-state index in [4.69, 9.17) is 21.1 Å². The van der Waals surface area contributed by atoms with Gasteiger partial charge in [0.05, 0.1) is 17.7 Å². The number of carbonyl (C=O) groups is 1. The second-order valence-corrected chi connectivity index (χ2v) is 6.40. The number of hydrogen-bond acceptors (Lipinski definition) is 4. The highest BCUT2D eigenvalue weighted by Crippen LogP contribution is 2.31. The minimum Gasteiger partial charge on any atom is -0.371 e. The number of halogens is 2. The average Bonchev–Trinajstić information content (AvgIpc) is 2.98. The Morgan fingerprint density at radius 3 is 2.96 bits per heavy atom. The molecular weight excluding hydrogens is 323 g/mol. The molecule has 0 aliphatic carbocycles. The third-order valence-electron chi connectivity index (χ3n) is 4.25. The van der Waals surface area contributed by atoms with Crippen molar-refractivity contribution < 1.29 is 18.7 Å². The number of hydrogen-bond donors (Lipinski definition) is 1. The average molecular weight is 343 g/mol. The Hall–Kier alpha value is -1.21. The molecule has 2 heterocycles. The first kappa shape index (κ1) is 16.6. The van der Waals surface area contributed by atoms with Gasteiger partial charge in [0.2, 0.25) is 0 Å². The molecule has 3 rings (SSSR count). The lowest BCUT2D eigenvalue weighted by Crippen LogP contribution is -2.51. The molecule has 2 aliphatic rings. The molecule has 1 aromatic carbocycles. The van der Waals surface area contributed by atoms with Crippen LogP contribution in [0, 0.1) is 5.82 Å². The normalized spacial score (nSPS) is 28.7. The van der Waals surface area contributed by atoms with Crippen LogP contribution in [0.5, 0.6) is 0 Å². The Balaban J connectivity index is 1.66. The van der Waals surface area contributed by atoms with Gasteiger partial charge in [-0.05, 0) is 31.2 Å². The second-order valence-electron chi connectivity index (χ2n) is 5.99. The minimum absolute atomic E-state index is 0.0750. The lowest BCUT2D eigenvalue weighted by Gasteiger charge is -2.30. The Bertz CT molecular complexity index is 586. The van der Waals surface area contributed by atoms with Crippen molar-refractivity contribution in [3.8, 4) is 0 Å². The topological polar surface area (TPSA) is 50.8 Å². The molecule has 0 spiro atoms. The maximum Gasteiger partial charge on any atom is 0.250 e. The van der Waals surface area contributed by atoms with Crippen molar-refractivity contribution in [2.45, 2.75) is 24.7 Å². The smallest absolute Gasteiger partial charge is 0.250 e. The zero-order valence-corrected chi connectivity index (χ0v) is 13.7. The summed E-state index contributed by atoms with van der Waals surface area (Å²) in [4.78, 5) is 14.4. The van der Waals surface area contributed by atoms with Gasteiger partial charge in [-0.3, -0.25) is 4.79 Å². The van der Waals surface area contributed by atoms with Gasteiger partial charge in [0, 0.05) is 19.7 Å². The molecule has 2 saturated heterocycles. The maximum absolute atomic E-state index is 13.7. The predicted octanol–water partition coefficient (Wildman–Crippen LogP) is 1.76. The van der Waals surface area contributed by atoms with Crippen LogP contribution >= 0.6 is 11.6 Å². The fraction of sp³-hybridized carbons (Fsp3) is 0.562. The van der Waals surface area contributed by atoms with Crippen LogP contribution in [0.3, 0.4) is 0 Å². The van der Waals surface area contributed by atoms with E-state index in [9.17, 15) is 9.18 Å². The van der Waals surface area contributed by atoms with E-state index in [1.807, 2.05) is 7.05 Å². The highest BCUT2D eigenvalue weighted by Gasteiger charge is 2.34. The Labute approximate surface area is 139 Å². The van der Waals surface area contributed by atoms with E-state index >= 15 is 0 Å². The van der Waals surface area contributed by atoms with E-state index in [0.717, 1.165) is 6.54 Å². The zero-order chi connectivity index (χ0) is 16.4. The molecule has 23 heavy (non-hydrogen) atoms. The summed E-state index contributed by atoms with van der Waals surface area (Å²) in [7, 11) is 1.96. The number of rotatable bonds is 3. The fourth-order valence-electron chi connectivity index (χ4n) is 2.97. The molecule has 0 saturated carbocycles. The number of amides is 1. The van der Waals surface area contributed by atoms with E-state index in [-0.39, 0.29) is 23.1 Å². The summed E-state index contributed by atoms with van der Waals surface area (Å²) >= 11 is 5.72. The van der Waals surface area contributed by atoms with E-state index in [1.165, 1.54) is 12.1 Å². The molecule has 1 N–H and O–H groups in total. The number of carbonyl (C=O) groups excluding carboxylic acids is 1. The zero-order valence-electron chi connectivity index (χ0n) is 12.9. The summed E-state index contributed by atoms with van der Waals surface area (Å²) < 4.78 is 24.9. The first-order valence-electron chi connectivity index (χ1n) is 7.71. The first-order valence-corrected chi connectivity index (χ1v) is 8.09. The highest BCUT2D eigenvalue weighted by molar-refractivity contribution is 6.30. The molecule has 1 aromatic rings. The summed E-state index contributed by atoms with van der Waals surface area (Å²) in [6.45, 7) is 2.45. The number of likely N-dealkylation sites (N-methyl/N-ethyl adjacent to an activating group) is 1. The Morgan fingerprint density at radius 2 is 2.22 bits per heavy atom. The van der Waals surface area contributed by atoms with Crippen LogP contribution in [-0.2, 0) is 14.3 Å². The lowest BCUT2D eigenvalue weighted by atomic mass is 10.0. The van der Waals surface area contributed by atoms with E-state index in [1.54, 1.807) is 6.07 Å². The summed E-state index contributed by atoms with van der Waals surface area (Å²) in [6.07, 6.45) is -0.160. The van der Waals surface area contributed by atoms with Crippen molar-refractivity contribution in [1.82, 2.24) is 10.2 Å². The lowest BCUT2D eigenvalue weighted by molar-refractivity contribution is -0.139. The van der Waals surface area contributed by atoms with Gasteiger partial charge in [-0.25, -0.2) is 4.39 Å². The first-order chi connectivity index (χ1) is 11.0. The molecule has 0 bridgehead atoms. The molecule has 7 heteroatoms. The van der Waals surface area contributed by atoms with Gasteiger partial charge in [0.15, 0.2) is 0 Å². The summed E-state index contributed by atoms with van der Waals surface area (Å²) in [5, 5.41) is 3.06. The number of benzene rings is 1. The number of morpholine rings is 1. The van der Waals surface area contributed by atoms with Crippen LogP contribution in [0.1, 0.15) is 18.1 Å². The molecule has 2 fully saturated rings. The summed E-state index contributed by atoms with van der Waals surface area (Å²) in [5.41, 5.74) is 0.677. The van der Waals surface area contributed by atoms with E-state index in [0.29, 0.717) is 31.7 Å². The number of ether oxygens (including phenoxy) is 2. The van der Waals surface area contributed by atoms with Gasteiger partial charge in [0.25, 0.3) is 5.91 Å². The van der Waals surface area contributed by atoms with Gasteiger partial charge < -0.3 is 19.7 Å². The molecule has 3 atom stereocenters. The van der Waals surface area contributed by atoms with Gasteiger partial charge in [-0.1, -0.05) is 17.7 Å². The van der Waals surface area contributed by atoms with Crippen LogP contribution in [0.2, 0.25) is 5.02 Å². The SMILES string of the molecule is CN1CCOC(C(=O)NC2CCOC2c2ccc(Cl)c(F)c2)C1. The van der Waals surface area contributed by atoms with Crippen molar-refractivity contribution >= 4 is 17.5 Å². The van der Waals surface area contributed by atoms with Crippen molar-refractivity contribution in [2.24, 2.45) is 0 Å². The summed E-state index contributed by atoms with van der Waals surface area (Å²) in [5.74, 6) is -0.631. The molecule has 0 radical (unpaired) electrons. The molecule has 126 valence electrons. The van der Waals surface area contributed by atoms with Crippen LogP contribution in [0.25, 0.3) is 0 Å². The third kappa shape index (κ3) is 3.83. The highest BCUT2D eigenvalue weighted by atomic mass is 35.5. The standard InChI is InChI=1S/C16H20ClFN2O3/c1-20-5-7-22-14(9-20)16(21)19-13-4-6-23-15(13)10-2-3-11(17)12(18)8-10/h2-3,8,13-15H,4-7,9H2,1H3,(H,19,21). The van der Waals surface area contributed by atoms with Crippen LogP contribution in [0.4, 0.5) is 4.39 Å². The van der Waals surface area contributed by atoms with Crippen molar-refractivity contribution in [3.05, 3.63) is 34.6 Å². The number of nitrogens with one attached hydrogen (secondary N) is 1. The van der Waals surface area contributed by atoms with Crippen molar-refractivity contribution in [2.75, 3.05) is 33.4 Å². The summed E-state index contributed by atoms with van der Waals surface area (Å²) in [6, 6.07) is 4.40. The predicted molar refractivity (Wildman–Crippen MR) is 83.9 cm³/mol. The maximum atomic E-state index is 13.7. The van der Waals surface area contributed by atoms with Crippen LogP contribution in [-0.4, -0.2) is 56.3 Å². The second kappa shape index (κ2) is 7.13. The van der Waals surface area contributed by atoms with Crippen LogP contribution < -0.4 is 5.32 Å². The fourth-order valence-corrected chi connectivity index (χ4v) is 3.08. The molecule has 0 aromatic heterocycles. The van der Waals surface area contributed by atoms with Crippen molar-refractivity contribution in [1.29, 1.82) is 0 Å². The molecule has 3 unspecified atom stereocenters. The molecule has 2 aliphatic heterocycles. The molecule has 1 amide bonds. The van der Waals surface area contributed by atoms with E-state index < -0.39 is 11.9 Å². The molecule has 5 nitrogen and oxygen atoms in total. The quantitative estimate of drug-likeness (QED) is 0.909. The Kier molecular flexibility index (Phi) is 5.16. The van der Waals surface area contributed by atoms with Gasteiger partial charge >= 0.3 is 0 Å². The monoisotopic (exact) mass is 342 g/mol. The minimum atomic E-state index is -0.484. The van der Waals surface area contributed by atoms with Gasteiger partial charge in [-0.2, -0.15) is 0 Å². The van der Waals surface area contributed by atoms with Gasteiger partial charge in [-0.15, -0.1) is 0 Å². The van der Waals surface area contributed by atoms with Gasteiger partial charge in [0.1, 0.15) is 18.0 Å². The van der Waals surface area contributed by atoms with Crippen molar-refractivity contribution in [3.63, 3.8) is 0 Å². The van der Waals surface area contributed by atoms with E-state index in [2.05, 4.69) is 10.2 Å². The number of nitrogens with zero attached hydrogens (tertiary/aromatic N) is 1.